The minimum Gasteiger partial charge on any atom is -0.356 e. The Labute approximate surface area is 166 Å². The average molecular weight is 476 g/mol. The summed E-state index contributed by atoms with van der Waals surface area (Å²) in [7, 11) is 1.79. The molecule has 1 heterocycles. The number of hydrogen-bond acceptors (Lipinski definition) is 2. The predicted molar refractivity (Wildman–Crippen MR) is 107 cm³/mol. The van der Waals surface area contributed by atoms with E-state index in [-0.39, 0.29) is 24.0 Å². The number of guanidine groups is 1. The second kappa shape index (κ2) is 11.5. The van der Waals surface area contributed by atoms with Gasteiger partial charge < -0.3 is 10.6 Å². The lowest BCUT2D eigenvalue weighted by Crippen LogP contribution is -2.45. The molecule has 25 heavy (non-hydrogen) atoms. The molecule has 0 unspecified atom stereocenters. The number of alkyl halides is 3. The Hall–Kier alpha value is -0.250. The third kappa shape index (κ3) is 9.30. The zero-order chi connectivity index (χ0) is 17.4. The highest BCUT2D eigenvalue weighted by Crippen LogP contribution is 2.24. The van der Waals surface area contributed by atoms with Gasteiger partial charge in [-0.1, -0.05) is 19.3 Å². The highest BCUT2D eigenvalue weighted by molar-refractivity contribution is 14.0. The Kier molecular flexibility index (Phi) is 10.4. The van der Waals surface area contributed by atoms with E-state index >= 15 is 0 Å². The summed E-state index contributed by atoms with van der Waals surface area (Å²) in [6.07, 6.45) is 4.93. The Morgan fingerprint density at radius 1 is 1.08 bits per heavy atom. The van der Waals surface area contributed by atoms with Gasteiger partial charge in [-0.25, -0.2) is 0 Å². The fourth-order valence-corrected chi connectivity index (χ4v) is 3.72. The first-order valence-electron chi connectivity index (χ1n) is 9.22. The van der Waals surface area contributed by atoms with E-state index in [4.69, 9.17) is 0 Å². The van der Waals surface area contributed by atoms with Crippen molar-refractivity contribution < 1.29 is 13.2 Å². The van der Waals surface area contributed by atoms with E-state index in [2.05, 4.69) is 15.6 Å². The van der Waals surface area contributed by atoms with Gasteiger partial charge in [-0.3, -0.25) is 9.89 Å². The molecule has 0 aromatic heterocycles. The second-order valence-electron chi connectivity index (χ2n) is 7.10. The van der Waals surface area contributed by atoms with Crippen molar-refractivity contribution in [2.45, 2.75) is 63.6 Å². The van der Waals surface area contributed by atoms with Crippen LogP contribution >= 0.6 is 24.0 Å². The van der Waals surface area contributed by atoms with Gasteiger partial charge in [0.1, 0.15) is 0 Å². The van der Waals surface area contributed by atoms with Crippen LogP contribution in [0.2, 0.25) is 0 Å². The summed E-state index contributed by atoms with van der Waals surface area (Å²) in [6, 6.07) is 0.524. The summed E-state index contributed by atoms with van der Waals surface area (Å²) < 4.78 is 37.2. The number of nitrogens with zero attached hydrogens (tertiary/aromatic N) is 2. The molecule has 1 saturated carbocycles. The molecule has 2 rings (SSSR count). The highest BCUT2D eigenvalue weighted by Gasteiger charge is 2.32. The van der Waals surface area contributed by atoms with Crippen LogP contribution in [-0.2, 0) is 0 Å². The lowest BCUT2D eigenvalue weighted by Gasteiger charge is -2.32. The summed E-state index contributed by atoms with van der Waals surface area (Å²) in [4.78, 5) is 5.80. The lowest BCUT2D eigenvalue weighted by molar-refractivity contribution is -0.148. The molecule has 0 aromatic rings. The number of nitrogens with one attached hydrogen (secondary N) is 2. The van der Waals surface area contributed by atoms with Crippen LogP contribution in [0, 0.1) is 5.92 Å². The quantitative estimate of drug-likeness (QED) is 0.361. The van der Waals surface area contributed by atoms with Gasteiger partial charge in [0.25, 0.3) is 0 Å². The van der Waals surface area contributed by atoms with Crippen molar-refractivity contribution in [2.75, 3.05) is 33.2 Å². The van der Waals surface area contributed by atoms with Crippen molar-refractivity contribution in [3.8, 4) is 0 Å². The van der Waals surface area contributed by atoms with Gasteiger partial charge in [-0.05, 0) is 51.1 Å². The summed E-state index contributed by atoms with van der Waals surface area (Å²) in [6.45, 7) is 1.17. The van der Waals surface area contributed by atoms with Crippen molar-refractivity contribution in [1.29, 1.82) is 0 Å². The number of likely N-dealkylation sites (tertiary alicyclic amines) is 1. The molecule has 2 N–H and O–H groups in total. The molecule has 8 heteroatoms. The van der Waals surface area contributed by atoms with Crippen LogP contribution in [0.3, 0.4) is 0 Å². The van der Waals surface area contributed by atoms with Crippen LogP contribution in [0.15, 0.2) is 4.99 Å². The molecule has 2 aliphatic rings. The smallest absolute Gasteiger partial charge is 0.356 e. The molecule has 0 bridgehead atoms. The van der Waals surface area contributed by atoms with Gasteiger partial charge in [-0.15, -0.1) is 24.0 Å². The van der Waals surface area contributed by atoms with Crippen LogP contribution in [0.4, 0.5) is 13.2 Å². The summed E-state index contributed by atoms with van der Waals surface area (Å²) in [5.74, 6) is 1.37. The monoisotopic (exact) mass is 476 g/mol. The Bertz CT molecular complexity index is 390. The lowest BCUT2D eigenvalue weighted by atomic mass is 9.93. The van der Waals surface area contributed by atoms with Gasteiger partial charge in [-0.2, -0.15) is 13.2 Å². The van der Waals surface area contributed by atoms with Crippen LogP contribution in [0.1, 0.15) is 51.4 Å². The predicted octanol–water partition coefficient (Wildman–Crippen LogP) is 3.77. The molecule has 1 saturated heterocycles. The van der Waals surface area contributed by atoms with Crippen LogP contribution < -0.4 is 10.6 Å². The van der Waals surface area contributed by atoms with Gasteiger partial charge >= 0.3 is 6.18 Å². The van der Waals surface area contributed by atoms with Gasteiger partial charge in [0, 0.05) is 19.6 Å². The number of hydrogen-bond donors (Lipinski definition) is 2. The SMILES string of the molecule is CN=C(NCCC1CCN(CC(F)(F)F)CC1)NC1CCCCC1.I. The van der Waals surface area contributed by atoms with Crippen LogP contribution in [0.5, 0.6) is 0 Å². The summed E-state index contributed by atoms with van der Waals surface area (Å²) in [5, 5.41) is 6.84. The molecule has 148 valence electrons. The summed E-state index contributed by atoms with van der Waals surface area (Å²) >= 11 is 0. The molecule has 0 amide bonds. The van der Waals surface area contributed by atoms with Crippen molar-refractivity contribution in [1.82, 2.24) is 15.5 Å². The topological polar surface area (TPSA) is 39.7 Å². The van der Waals surface area contributed by atoms with Crippen molar-refractivity contribution in [3.63, 3.8) is 0 Å². The van der Waals surface area contributed by atoms with Gasteiger partial charge in [0.15, 0.2) is 5.96 Å². The van der Waals surface area contributed by atoms with Gasteiger partial charge in [0.05, 0.1) is 6.54 Å². The largest absolute Gasteiger partial charge is 0.401 e. The molecule has 0 radical (unpaired) electrons. The Balaban J connectivity index is 0.00000312. The molecule has 0 aromatic carbocycles. The van der Waals surface area contributed by atoms with E-state index in [1.165, 1.54) is 37.0 Å². The van der Waals surface area contributed by atoms with Crippen molar-refractivity contribution in [3.05, 3.63) is 0 Å². The first-order chi connectivity index (χ1) is 11.5. The highest BCUT2D eigenvalue weighted by atomic mass is 127. The third-order valence-electron chi connectivity index (χ3n) is 5.12. The van der Waals surface area contributed by atoms with E-state index in [9.17, 15) is 13.2 Å². The Morgan fingerprint density at radius 2 is 1.72 bits per heavy atom. The number of piperidine rings is 1. The molecule has 2 fully saturated rings. The van der Waals surface area contributed by atoms with Gasteiger partial charge in [0.2, 0.25) is 0 Å². The molecular weight excluding hydrogens is 444 g/mol. The molecule has 0 spiro atoms. The first-order valence-corrected chi connectivity index (χ1v) is 9.22. The summed E-state index contributed by atoms with van der Waals surface area (Å²) in [5.41, 5.74) is 0. The Morgan fingerprint density at radius 3 is 2.28 bits per heavy atom. The standard InChI is InChI=1S/C17H31F3N4.HI/c1-21-16(23-15-5-3-2-4-6-15)22-10-7-14-8-11-24(12-9-14)13-17(18,19)20;/h14-15H,2-13H2,1H3,(H2,21,22,23);1H. The zero-order valence-electron chi connectivity index (χ0n) is 15.1. The molecular formula is C17H32F3IN4. The molecule has 0 atom stereocenters. The minimum absolute atomic E-state index is 0. The number of aliphatic imine (C=N–C) groups is 1. The maximum absolute atomic E-state index is 12.4. The van der Waals surface area contributed by atoms with Crippen molar-refractivity contribution in [2.24, 2.45) is 10.9 Å². The molecule has 1 aliphatic heterocycles. The van der Waals surface area contributed by atoms with E-state index in [1.54, 1.807) is 7.05 Å². The second-order valence-corrected chi connectivity index (χ2v) is 7.10. The average Bonchev–Trinajstić information content (AvgIpc) is 2.55. The van der Waals surface area contributed by atoms with Crippen LogP contribution in [0.25, 0.3) is 0 Å². The fraction of sp³-hybridized carbons (Fsp3) is 0.941. The number of rotatable bonds is 5. The minimum atomic E-state index is -4.08. The van der Waals surface area contributed by atoms with E-state index in [1.807, 2.05) is 0 Å². The molecule has 1 aliphatic carbocycles. The van der Waals surface area contributed by atoms with E-state index in [0.717, 1.165) is 31.8 Å². The third-order valence-corrected chi connectivity index (χ3v) is 5.12. The maximum atomic E-state index is 12.4. The number of halogens is 4. The first kappa shape index (κ1) is 22.8. The van der Waals surface area contributed by atoms with E-state index in [0.29, 0.717) is 25.0 Å². The maximum Gasteiger partial charge on any atom is 0.401 e. The molecule has 4 nitrogen and oxygen atoms in total. The normalized spacial score (nSPS) is 21.7. The fourth-order valence-electron chi connectivity index (χ4n) is 3.72. The van der Waals surface area contributed by atoms with Crippen molar-refractivity contribution >= 4 is 29.9 Å². The van der Waals surface area contributed by atoms with Crippen LogP contribution in [-0.4, -0.2) is 56.3 Å². The zero-order valence-corrected chi connectivity index (χ0v) is 17.4. The van der Waals surface area contributed by atoms with E-state index < -0.39 is 12.7 Å².